The topological polar surface area (TPSA) is 46.5 Å². The molecule has 2 rings (SSSR count). The van der Waals surface area contributed by atoms with Crippen molar-refractivity contribution in [3.05, 3.63) is 29.1 Å². The van der Waals surface area contributed by atoms with Crippen LogP contribution in [0.15, 0.2) is 12.1 Å². The van der Waals surface area contributed by atoms with Crippen LogP contribution in [-0.2, 0) is 6.42 Å². The second-order valence-corrected chi connectivity index (χ2v) is 4.24. The molecule has 80 valence electrons. The molecule has 0 aromatic heterocycles. The average molecular weight is 210 g/mol. The van der Waals surface area contributed by atoms with Crippen LogP contribution in [0.25, 0.3) is 0 Å². The molecule has 0 spiro atoms. The second-order valence-electron chi connectivity index (χ2n) is 4.24. The number of hydrogen-bond donors (Lipinski definition) is 1. The van der Waals surface area contributed by atoms with Crippen LogP contribution in [-0.4, -0.2) is 16.7 Å². The van der Waals surface area contributed by atoms with Crippen molar-refractivity contribution >= 4 is 5.97 Å². The zero-order valence-electron chi connectivity index (χ0n) is 8.50. The van der Waals surface area contributed by atoms with Crippen molar-refractivity contribution in [3.63, 3.8) is 0 Å². The Bertz CT molecular complexity index is 438. The van der Waals surface area contributed by atoms with Crippen molar-refractivity contribution < 1.29 is 19.0 Å². The zero-order chi connectivity index (χ0) is 11.2. The van der Waals surface area contributed by atoms with E-state index in [1.807, 2.05) is 13.8 Å². The molecule has 1 aromatic rings. The maximum atomic E-state index is 13.3. The second kappa shape index (κ2) is 2.95. The van der Waals surface area contributed by atoms with E-state index >= 15 is 0 Å². The van der Waals surface area contributed by atoms with Gasteiger partial charge in [-0.25, -0.2) is 9.18 Å². The van der Waals surface area contributed by atoms with Gasteiger partial charge in [0.1, 0.15) is 22.7 Å². The molecule has 0 saturated heterocycles. The highest BCUT2D eigenvalue weighted by Gasteiger charge is 2.34. The third kappa shape index (κ3) is 1.56. The lowest BCUT2D eigenvalue weighted by Gasteiger charge is -2.16. The summed E-state index contributed by atoms with van der Waals surface area (Å²) in [5, 5.41) is 8.90. The van der Waals surface area contributed by atoms with E-state index in [1.54, 1.807) is 0 Å². The fourth-order valence-corrected chi connectivity index (χ4v) is 1.86. The normalized spacial score (nSPS) is 17.0. The molecule has 0 unspecified atom stereocenters. The molecule has 3 nitrogen and oxygen atoms in total. The minimum atomic E-state index is -1.24. The van der Waals surface area contributed by atoms with Crippen LogP contribution in [0.2, 0.25) is 0 Å². The Labute approximate surface area is 86.5 Å². The fraction of sp³-hybridized carbons (Fsp3) is 0.364. The Morgan fingerprint density at radius 3 is 2.80 bits per heavy atom. The third-order valence-corrected chi connectivity index (χ3v) is 2.42. The summed E-state index contributed by atoms with van der Waals surface area (Å²) in [6.07, 6.45) is 0.418. The summed E-state index contributed by atoms with van der Waals surface area (Å²) >= 11 is 0. The smallest absolute Gasteiger partial charge is 0.339 e. The standard InChI is InChI=1S/C11H11FO3/c1-11(2)5-6-8(15-11)4-3-7(12)9(6)10(13)14/h3-4H,5H2,1-2H3,(H,13,14). The molecule has 1 heterocycles. The molecular formula is C11H11FO3. The minimum absolute atomic E-state index is 0.266. The van der Waals surface area contributed by atoms with E-state index < -0.39 is 17.4 Å². The largest absolute Gasteiger partial charge is 0.487 e. The Morgan fingerprint density at radius 2 is 2.20 bits per heavy atom. The molecule has 0 fully saturated rings. The van der Waals surface area contributed by atoms with Gasteiger partial charge in [0.15, 0.2) is 0 Å². The van der Waals surface area contributed by atoms with Gasteiger partial charge >= 0.3 is 5.97 Å². The zero-order valence-corrected chi connectivity index (χ0v) is 8.50. The molecule has 15 heavy (non-hydrogen) atoms. The van der Waals surface area contributed by atoms with Crippen LogP contribution in [0, 0.1) is 5.82 Å². The van der Waals surface area contributed by atoms with Crippen molar-refractivity contribution in [1.82, 2.24) is 0 Å². The highest BCUT2D eigenvalue weighted by molar-refractivity contribution is 5.91. The summed E-state index contributed by atoms with van der Waals surface area (Å²) in [7, 11) is 0. The van der Waals surface area contributed by atoms with Crippen LogP contribution in [0.1, 0.15) is 29.8 Å². The summed E-state index contributed by atoms with van der Waals surface area (Å²) < 4.78 is 18.8. The predicted molar refractivity (Wildman–Crippen MR) is 51.8 cm³/mol. The van der Waals surface area contributed by atoms with Crippen molar-refractivity contribution in [2.75, 3.05) is 0 Å². The van der Waals surface area contributed by atoms with E-state index in [9.17, 15) is 9.18 Å². The quantitative estimate of drug-likeness (QED) is 0.773. The molecule has 0 saturated carbocycles. The molecule has 1 aliphatic rings. The SMILES string of the molecule is CC1(C)Cc2c(ccc(F)c2C(=O)O)O1. The van der Waals surface area contributed by atoms with Crippen LogP contribution < -0.4 is 4.74 Å². The van der Waals surface area contributed by atoms with Gasteiger partial charge in [0.25, 0.3) is 0 Å². The summed E-state index contributed by atoms with van der Waals surface area (Å²) in [6.45, 7) is 3.69. The van der Waals surface area contributed by atoms with E-state index in [2.05, 4.69) is 0 Å². The van der Waals surface area contributed by atoms with E-state index in [-0.39, 0.29) is 5.56 Å². The summed E-state index contributed by atoms with van der Waals surface area (Å²) in [5.41, 5.74) is -0.272. The minimum Gasteiger partial charge on any atom is -0.487 e. The fourth-order valence-electron chi connectivity index (χ4n) is 1.86. The first-order valence-corrected chi connectivity index (χ1v) is 4.64. The van der Waals surface area contributed by atoms with Crippen molar-refractivity contribution in [2.24, 2.45) is 0 Å². The first-order valence-electron chi connectivity index (χ1n) is 4.64. The van der Waals surface area contributed by atoms with E-state index in [0.717, 1.165) is 6.07 Å². The van der Waals surface area contributed by atoms with Crippen molar-refractivity contribution in [1.29, 1.82) is 0 Å². The Balaban J connectivity index is 2.60. The van der Waals surface area contributed by atoms with Gasteiger partial charge in [0, 0.05) is 12.0 Å². The summed E-state index contributed by atoms with van der Waals surface area (Å²) in [6, 6.07) is 2.61. The lowest BCUT2D eigenvalue weighted by atomic mass is 9.97. The number of rotatable bonds is 1. The lowest BCUT2D eigenvalue weighted by molar-refractivity contribution is 0.0690. The third-order valence-electron chi connectivity index (χ3n) is 2.42. The number of carboxylic acids is 1. The molecule has 1 aromatic carbocycles. The number of ether oxygens (including phenoxy) is 1. The average Bonchev–Trinajstić information content (AvgIpc) is 2.37. The van der Waals surface area contributed by atoms with Gasteiger partial charge in [-0.05, 0) is 26.0 Å². The van der Waals surface area contributed by atoms with Gasteiger partial charge in [-0.2, -0.15) is 0 Å². The number of carbonyl (C=O) groups is 1. The van der Waals surface area contributed by atoms with Gasteiger partial charge in [-0.15, -0.1) is 0 Å². The number of halogens is 1. The molecule has 0 bridgehead atoms. The van der Waals surface area contributed by atoms with Crippen molar-refractivity contribution in [2.45, 2.75) is 25.9 Å². The maximum Gasteiger partial charge on any atom is 0.339 e. The Kier molecular flexibility index (Phi) is 1.96. The Morgan fingerprint density at radius 1 is 1.53 bits per heavy atom. The molecule has 4 heteroatoms. The summed E-state index contributed by atoms with van der Waals surface area (Å²) in [4.78, 5) is 10.9. The number of hydrogen-bond acceptors (Lipinski definition) is 2. The number of fused-ring (bicyclic) bond motifs is 1. The molecule has 1 aliphatic heterocycles. The van der Waals surface area contributed by atoms with Crippen LogP contribution in [0.3, 0.4) is 0 Å². The molecule has 0 radical (unpaired) electrons. The first kappa shape index (κ1) is 9.96. The van der Waals surface area contributed by atoms with Gasteiger partial charge in [0.2, 0.25) is 0 Å². The van der Waals surface area contributed by atoms with Gasteiger partial charge < -0.3 is 9.84 Å². The van der Waals surface area contributed by atoms with E-state index in [1.165, 1.54) is 6.07 Å². The summed E-state index contributed by atoms with van der Waals surface area (Å²) in [5.74, 6) is -1.48. The van der Waals surface area contributed by atoms with Crippen LogP contribution in [0.4, 0.5) is 4.39 Å². The van der Waals surface area contributed by atoms with Gasteiger partial charge in [-0.1, -0.05) is 0 Å². The molecule has 0 amide bonds. The van der Waals surface area contributed by atoms with Gasteiger partial charge in [-0.3, -0.25) is 0 Å². The highest BCUT2D eigenvalue weighted by Crippen LogP contribution is 2.37. The molecule has 0 aliphatic carbocycles. The highest BCUT2D eigenvalue weighted by atomic mass is 19.1. The van der Waals surface area contributed by atoms with Crippen LogP contribution in [0.5, 0.6) is 5.75 Å². The van der Waals surface area contributed by atoms with E-state index in [4.69, 9.17) is 9.84 Å². The molecule has 0 atom stereocenters. The predicted octanol–water partition coefficient (Wildman–Crippen LogP) is 2.24. The first-order chi connectivity index (χ1) is 6.91. The monoisotopic (exact) mass is 210 g/mol. The van der Waals surface area contributed by atoms with E-state index in [0.29, 0.717) is 17.7 Å². The van der Waals surface area contributed by atoms with Gasteiger partial charge in [0.05, 0.1) is 0 Å². The number of aromatic carboxylic acids is 1. The number of carboxylic acid groups (broad SMARTS) is 1. The molecule has 1 N–H and O–H groups in total. The maximum absolute atomic E-state index is 13.3. The number of benzene rings is 1. The molecular weight excluding hydrogens is 199 g/mol. The van der Waals surface area contributed by atoms with Crippen LogP contribution >= 0.6 is 0 Å². The lowest BCUT2D eigenvalue weighted by Crippen LogP contribution is -2.25. The van der Waals surface area contributed by atoms with Crippen molar-refractivity contribution in [3.8, 4) is 5.75 Å². The Hall–Kier alpha value is -1.58.